The molecule has 2 unspecified atom stereocenters. The number of piperidine rings is 1. The Morgan fingerprint density at radius 3 is 2.32 bits per heavy atom. The Morgan fingerprint density at radius 2 is 1.61 bits per heavy atom. The van der Waals surface area contributed by atoms with Gasteiger partial charge in [-0.2, -0.15) is 0 Å². The van der Waals surface area contributed by atoms with Crippen molar-refractivity contribution in [2.45, 2.75) is 42.3 Å². The maximum atomic E-state index is 13.6. The van der Waals surface area contributed by atoms with E-state index in [4.69, 9.17) is 0 Å². The Morgan fingerprint density at radius 1 is 0.927 bits per heavy atom. The molecular weight excluding hydrogens is 534 g/mol. The van der Waals surface area contributed by atoms with Crippen LogP contribution < -0.4 is 5.69 Å². The molecule has 210 valence electrons. The molecule has 2 aromatic heterocycles. The molecule has 2 saturated heterocycles. The van der Waals surface area contributed by atoms with Crippen LogP contribution in [0.15, 0.2) is 96.2 Å². The van der Waals surface area contributed by atoms with E-state index in [1.807, 2.05) is 88.8 Å². The lowest BCUT2D eigenvalue weighted by Gasteiger charge is -2.32. The molecule has 9 heteroatoms. The van der Waals surface area contributed by atoms with Crippen molar-refractivity contribution < 1.29 is 9.59 Å². The lowest BCUT2D eigenvalue weighted by molar-refractivity contribution is -0.136. The number of aromatic nitrogens is 3. The van der Waals surface area contributed by atoms with Crippen LogP contribution in [0.5, 0.6) is 0 Å². The number of H-pyrrole nitrogens is 1. The van der Waals surface area contributed by atoms with E-state index in [9.17, 15) is 14.4 Å². The lowest BCUT2D eigenvalue weighted by atomic mass is 10.0. The Hall–Kier alpha value is -4.11. The zero-order valence-corrected chi connectivity index (χ0v) is 23.6. The summed E-state index contributed by atoms with van der Waals surface area (Å²) < 4.78 is 1.77. The van der Waals surface area contributed by atoms with Crippen LogP contribution in [0.25, 0.3) is 11.3 Å². The summed E-state index contributed by atoms with van der Waals surface area (Å²) in [5.41, 5.74) is 3.85. The molecule has 41 heavy (non-hydrogen) atoms. The van der Waals surface area contributed by atoms with E-state index in [1.165, 1.54) is 0 Å². The summed E-state index contributed by atoms with van der Waals surface area (Å²) in [4.78, 5) is 50.5. The molecule has 2 aliphatic heterocycles. The summed E-state index contributed by atoms with van der Waals surface area (Å²) in [5, 5.41) is -0.531. The van der Waals surface area contributed by atoms with Crippen molar-refractivity contribution >= 4 is 23.6 Å². The number of benzene rings is 2. The molecule has 2 atom stereocenters. The van der Waals surface area contributed by atoms with E-state index in [2.05, 4.69) is 9.97 Å². The minimum Gasteiger partial charge on any atom is -0.342 e. The molecule has 2 aliphatic rings. The van der Waals surface area contributed by atoms with Gasteiger partial charge >= 0.3 is 5.69 Å². The Labute approximate surface area is 243 Å². The van der Waals surface area contributed by atoms with Crippen LogP contribution in [-0.4, -0.2) is 61.0 Å². The van der Waals surface area contributed by atoms with Crippen molar-refractivity contribution in [1.29, 1.82) is 0 Å². The standard InChI is InChI=1S/C32H33N5O3S/c38-29(35-18-14-26(15-19-35)37-22-27(34-32(37)40)24-7-3-1-4-8-24)21-28-30(39)36(20-13-23-11-16-33-17-12-23)31(41-28)25-9-5-2-6-10-25/h1-12,16-17,22,26,28,31H,13-15,18-21H2,(H,34,40). The molecule has 8 nitrogen and oxygen atoms in total. The average molecular weight is 568 g/mol. The number of carbonyl (C=O) groups is 2. The second-order valence-corrected chi connectivity index (χ2v) is 11.9. The highest BCUT2D eigenvalue weighted by Gasteiger charge is 2.42. The fraction of sp³-hybridized carbons (Fsp3) is 0.312. The Kier molecular flexibility index (Phi) is 8.04. The van der Waals surface area contributed by atoms with Crippen LogP contribution in [0.4, 0.5) is 0 Å². The Balaban J connectivity index is 1.09. The third kappa shape index (κ3) is 6.00. The van der Waals surface area contributed by atoms with E-state index < -0.39 is 5.25 Å². The Bertz CT molecular complexity index is 1530. The number of nitrogens with one attached hydrogen (secondary N) is 1. The molecule has 4 heterocycles. The minimum absolute atomic E-state index is 0.00323. The van der Waals surface area contributed by atoms with E-state index in [-0.39, 0.29) is 35.3 Å². The van der Waals surface area contributed by atoms with E-state index in [0.29, 0.717) is 32.5 Å². The van der Waals surface area contributed by atoms with Gasteiger partial charge in [0.05, 0.1) is 10.9 Å². The molecule has 2 amide bonds. The number of pyridine rings is 1. The van der Waals surface area contributed by atoms with E-state index in [0.717, 1.165) is 28.8 Å². The smallest absolute Gasteiger partial charge is 0.326 e. The topological polar surface area (TPSA) is 91.3 Å². The first kappa shape index (κ1) is 27.1. The van der Waals surface area contributed by atoms with Gasteiger partial charge in [0.2, 0.25) is 11.8 Å². The van der Waals surface area contributed by atoms with Gasteiger partial charge < -0.3 is 14.8 Å². The highest BCUT2D eigenvalue weighted by molar-refractivity contribution is 8.01. The van der Waals surface area contributed by atoms with Gasteiger partial charge in [0.1, 0.15) is 5.37 Å². The van der Waals surface area contributed by atoms with Crippen LogP contribution in [0.2, 0.25) is 0 Å². The molecule has 0 saturated carbocycles. The number of rotatable bonds is 8. The van der Waals surface area contributed by atoms with Crippen molar-refractivity contribution in [3.05, 3.63) is 113 Å². The molecule has 6 rings (SSSR count). The van der Waals surface area contributed by atoms with Crippen molar-refractivity contribution in [3.8, 4) is 11.3 Å². The van der Waals surface area contributed by atoms with Gasteiger partial charge in [0, 0.05) is 50.7 Å². The SMILES string of the molecule is O=C(CC1SC(c2ccccc2)N(CCc2ccncc2)C1=O)N1CCC(n2cc(-c3ccccc3)[nH]c2=O)CC1. The first-order valence-corrected chi connectivity index (χ1v) is 15.1. The van der Waals surface area contributed by atoms with Crippen LogP contribution in [0.1, 0.15) is 41.8 Å². The quantitative estimate of drug-likeness (QED) is 0.334. The number of thioether (sulfide) groups is 1. The van der Waals surface area contributed by atoms with Gasteiger partial charge in [-0.3, -0.25) is 19.1 Å². The number of carbonyl (C=O) groups excluding carboxylic acids is 2. The summed E-state index contributed by atoms with van der Waals surface area (Å²) in [6.07, 6.45) is 7.75. The summed E-state index contributed by atoms with van der Waals surface area (Å²) in [7, 11) is 0. The van der Waals surface area contributed by atoms with Crippen molar-refractivity contribution in [1.82, 2.24) is 24.3 Å². The van der Waals surface area contributed by atoms with Gasteiger partial charge in [-0.05, 0) is 48.1 Å². The highest BCUT2D eigenvalue weighted by atomic mass is 32.2. The molecule has 1 N–H and O–H groups in total. The first-order valence-electron chi connectivity index (χ1n) is 14.1. The number of aromatic amines is 1. The molecule has 0 bridgehead atoms. The molecule has 0 radical (unpaired) electrons. The normalized spacial score (nSPS) is 19.6. The summed E-state index contributed by atoms with van der Waals surface area (Å²) in [5.74, 6) is 0.0250. The van der Waals surface area contributed by atoms with Gasteiger partial charge in [0.25, 0.3) is 0 Å². The second-order valence-electron chi connectivity index (χ2n) is 10.6. The van der Waals surface area contributed by atoms with Crippen LogP contribution in [-0.2, 0) is 16.0 Å². The molecule has 0 aliphatic carbocycles. The molecule has 2 fully saturated rings. The van der Waals surface area contributed by atoms with Crippen molar-refractivity contribution in [3.63, 3.8) is 0 Å². The van der Waals surface area contributed by atoms with Crippen LogP contribution in [0.3, 0.4) is 0 Å². The zero-order chi connectivity index (χ0) is 28.2. The number of hydrogen-bond donors (Lipinski definition) is 1. The van der Waals surface area contributed by atoms with Crippen LogP contribution in [0, 0.1) is 0 Å². The fourth-order valence-electron chi connectivity index (χ4n) is 5.75. The number of amides is 2. The summed E-state index contributed by atoms with van der Waals surface area (Å²) in [6.45, 7) is 1.73. The molecule has 0 spiro atoms. The summed E-state index contributed by atoms with van der Waals surface area (Å²) >= 11 is 1.57. The maximum absolute atomic E-state index is 13.6. The van der Waals surface area contributed by atoms with E-state index >= 15 is 0 Å². The zero-order valence-electron chi connectivity index (χ0n) is 22.8. The third-order valence-corrected chi connectivity index (χ3v) is 9.49. The molecule has 2 aromatic carbocycles. The van der Waals surface area contributed by atoms with Gasteiger partial charge in [0.15, 0.2) is 0 Å². The lowest BCUT2D eigenvalue weighted by Crippen LogP contribution is -2.42. The molecule has 4 aromatic rings. The first-order chi connectivity index (χ1) is 20.1. The monoisotopic (exact) mass is 567 g/mol. The van der Waals surface area contributed by atoms with Crippen molar-refractivity contribution in [2.75, 3.05) is 19.6 Å². The predicted octanol–water partition coefficient (Wildman–Crippen LogP) is 4.68. The highest BCUT2D eigenvalue weighted by Crippen LogP contribution is 2.44. The summed E-state index contributed by atoms with van der Waals surface area (Å²) in [6, 6.07) is 23.8. The van der Waals surface area contributed by atoms with Gasteiger partial charge in [-0.15, -0.1) is 11.8 Å². The third-order valence-electron chi connectivity index (χ3n) is 8.01. The minimum atomic E-state index is -0.413. The second kappa shape index (κ2) is 12.2. The number of likely N-dealkylation sites (tertiary alicyclic amines) is 1. The largest absolute Gasteiger partial charge is 0.342 e. The number of hydrogen-bond acceptors (Lipinski definition) is 5. The molecular formula is C32H33N5O3S. The van der Waals surface area contributed by atoms with E-state index in [1.54, 1.807) is 28.7 Å². The maximum Gasteiger partial charge on any atom is 0.326 e. The van der Waals surface area contributed by atoms with Gasteiger partial charge in [-0.1, -0.05) is 60.7 Å². The van der Waals surface area contributed by atoms with Gasteiger partial charge in [-0.25, -0.2) is 4.79 Å². The number of imidazole rings is 1. The number of nitrogens with zero attached hydrogens (tertiary/aromatic N) is 4. The predicted molar refractivity (Wildman–Crippen MR) is 160 cm³/mol. The van der Waals surface area contributed by atoms with Crippen LogP contribution >= 0.6 is 11.8 Å². The average Bonchev–Trinajstić information content (AvgIpc) is 3.56. The fourth-order valence-corrected chi connectivity index (χ4v) is 7.22. The van der Waals surface area contributed by atoms with Crippen molar-refractivity contribution in [2.24, 2.45) is 0 Å².